The quantitative estimate of drug-likeness (QED) is 0.114. The van der Waals surface area contributed by atoms with Crippen LogP contribution in [0.2, 0.25) is 0 Å². The number of esters is 3. The van der Waals surface area contributed by atoms with Crippen LogP contribution in [0.25, 0.3) is 0 Å². The molecule has 4 rings (SSSR count). The minimum absolute atomic E-state index is 0.0644. The van der Waals surface area contributed by atoms with Crippen molar-refractivity contribution in [3.8, 4) is 0 Å². The van der Waals surface area contributed by atoms with E-state index in [1.54, 1.807) is 0 Å². The lowest BCUT2D eigenvalue weighted by Crippen LogP contribution is -2.74. The smallest absolute Gasteiger partial charge is 0.350 e. The zero-order chi connectivity index (χ0) is 43.5. The Labute approximate surface area is 354 Å². The van der Waals surface area contributed by atoms with Crippen molar-refractivity contribution < 1.29 is 57.4 Å². The molecule has 0 amide bonds. The van der Waals surface area contributed by atoms with Gasteiger partial charge in [0.1, 0.15) is 30.0 Å². The summed E-state index contributed by atoms with van der Waals surface area (Å²) >= 11 is 1.23. The maximum Gasteiger partial charge on any atom is 0.350 e. The highest BCUT2D eigenvalue weighted by atomic mass is 32.2. The summed E-state index contributed by atoms with van der Waals surface area (Å²) in [6, 6.07) is 18.5. The number of thioether (sulfide) groups is 1. The van der Waals surface area contributed by atoms with Crippen molar-refractivity contribution in [3.63, 3.8) is 0 Å². The van der Waals surface area contributed by atoms with Crippen LogP contribution >= 0.6 is 11.8 Å². The normalized spacial score (nSPS) is 30.8. The molecule has 0 saturated carbocycles. The number of carbonyl (C=O) groups excluding carboxylic acids is 3. The first kappa shape index (κ1) is 48.6. The maximum atomic E-state index is 14.3. The predicted octanol–water partition coefficient (Wildman–Crippen LogP) is 6.22. The summed E-state index contributed by atoms with van der Waals surface area (Å²) in [7, 11) is 2.83. The molecule has 2 aliphatic heterocycles. The van der Waals surface area contributed by atoms with Crippen molar-refractivity contribution in [2.24, 2.45) is 17.8 Å². The zero-order valence-electron chi connectivity index (χ0n) is 36.6. The number of aliphatic hydroxyl groups is 1. The molecule has 13 nitrogen and oxygen atoms in total. The molecule has 0 aliphatic carbocycles. The van der Waals surface area contributed by atoms with Crippen LogP contribution in [-0.2, 0) is 65.5 Å². The van der Waals surface area contributed by atoms with Gasteiger partial charge in [-0.3, -0.25) is 9.59 Å². The Bertz CT molecular complexity index is 1630. The Morgan fingerprint density at radius 1 is 0.949 bits per heavy atom. The fourth-order valence-corrected chi connectivity index (χ4v) is 9.99. The molecule has 59 heavy (non-hydrogen) atoms. The monoisotopic (exact) mass is 845 g/mol. The second-order valence-corrected chi connectivity index (χ2v) is 18.0. The molecular formula is C45H67NO12S. The van der Waals surface area contributed by atoms with Gasteiger partial charge in [0.05, 0.1) is 39.1 Å². The number of carbonyl (C=O) groups is 3. The summed E-state index contributed by atoms with van der Waals surface area (Å²) in [6.07, 6.45) is -4.05. The third-order valence-corrected chi connectivity index (χ3v) is 12.8. The van der Waals surface area contributed by atoms with E-state index in [1.807, 2.05) is 109 Å². The first-order valence-corrected chi connectivity index (χ1v) is 21.6. The minimum atomic E-state index is -1.73. The number of rotatable bonds is 20. The Morgan fingerprint density at radius 3 is 2.08 bits per heavy atom. The summed E-state index contributed by atoms with van der Waals surface area (Å²) < 4.78 is 49.5. The van der Waals surface area contributed by atoms with Crippen LogP contribution in [0.4, 0.5) is 0 Å². The predicted molar refractivity (Wildman–Crippen MR) is 224 cm³/mol. The van der Waals surface area contributed by atoms with E-state index in [2.05, 4.69) is 5.32 Å². The molecule has 2 saturated heterocycles. The highest BCUT2D eigenvalue weighted by Crippen LogP contribution is 2.48. The van der Waals surface area contributed by atoms with Crippen LogP contribution in [0.5, 0.6) is 0 Å². The number of hydrogen-bond acceptors (Lipinski definition) is 14. The van der Waals surface area contributed by atoms with Gasteiger partial charge in [-0.15, -0.1) is 11.8 Å². The molecular weight excluding hydrogens is 779 g/mol. The van der Waals surface area contributed by atoms with E-state index in [0.717, 1.165) is 11.1 Å². The molecule has 2 aromatic carbocycles. The number of methoxy groups -OCH3 is 2. The van der Waals surface area contributed by atoms with Gasteiger partial charge in [0, 0.05) is 44.2 Å². The van der Waals surface area contributed by atoms with Crippen molar-refractivity contribution in [3.05, 3.63) is 71.8 Å². The van der Waals surface area contributed by atoms with Gasteiger partial charge in [-0.05, 0) is 43.6 Å². The number of hydrogen-bond donors (Lipinski definition) is 2. The van der Waals surface area contributed by atoms with Crippen LogP contribution in [0, 0.1) is 17.8 Å². The third kappa shape index (κ3) is 11.9. The average Bonchev–Trinajstić information content (AvgIpc) is 3.20. The summed E-state index contributed by atoms with van der Waals surface area (Å²) in [6.45, 7) is 16.6. The first-order chi connectivity index (χ1) is 28.0. The van der Waals surface area contributed by atoms with Crippen molar-refractivity contribution in [1.29, 1.82) is 0 Å². The van der Waals surface area contributed by atoms with Crippen LogP contribution in [0.15, 0.2) is 60.7 Å². The standard InChI is InChI=1S/C45H67NO12S/c1-12-35(55-31(6)47)28(3)37-29(4)38(56-32(7)48)39(45(58-37,59-13-2)42(49)52-11)46-43(8,9)27-44(50)30(5)41(51-10)57-36(26-53-24-33-20-16-14-17-21-33)40(44)54-25-34-22-18-15-19-23-34/h14-23,28-30,35-41,46,50H,12-13,24-27H2,1-11H3/t28?,29-,30?,35?,36?,37?,38-,39?,40-,41+,44+,45+/m0/s1. The molecule has 2 aliphatic rings. The van der Waals surface area contributed by atoms with Gasteiger partial charge in [-0.1, -0.05) is 95.3 Å². The second kappa shape index (κ2) is 21.6. The van der Waals surface area contributed by atoms with E-state index >= 15 is 0 Å². The van der Waals surface area contributed by atoms with Gasteiger partial charge in [-0.2, -0.15) is 0 Å². The molecule has 0 aromatic heterocycles. The Hall–Kier alpha value is -3.08. The van der Waals surface area contributed by atoms with Gasteiger partial charge in [0.15, 0.2) is 6.29 Å². The van der Waals surface area contributed by atoms with Crippen molar-refractivity contribution in [2.45, 2.75) is 147 Å². The molecule has 6 unspecified atom stereocenters. The molecule has 0 bridgehead atoms. The number of ether oxygens (including phenoxy) is 8. The van der Waals surface area contributed by atoms with E-state index in [4.69, 9.17) is 37.9 Å². The van der Waals surface area contributed by atoms with Crippen molar-refractivity contribution in [1.82, 2.24) is 5.32 Å². The third-order valence-electron chi connectivity index (χ3n) is 11.5. The molecule has 330 valence electrons. The fourth-order valence-electron chi connectivity index (χ4n) is 8.81. The van der Waals surface area contributed by atoms with Gasteiger partial charge in [-0.25, -0.2) is 4.79 Å². The fraction of sp³-hybridized carbons (Fsp3) is 0.667. The Balaban J connectivity index is 1.77. The average molecular weight is 846 g/mol. The summed E-state index contributed by atoms with van der Waals surface area (Å²) in [5, 5.41) is 16.9. The molecule has 0 spiro atoms. The van der Waals surface area contributed by atoms with E-state index in [9.17, 15) is 19.5 Å². The largest absolute Gasteiger partial charge is 0.466 e. The van der Waals surface area contributed by atoms with Crippen molar-refractivity contribution in [2.75, 3.05) is 26.6 Å². The first-order valence-electron chi connectivity index (χ1n) is 20.7. The molecule has 2 heterocycles. The SMILES string of the molecule is CCS[C@]1(C(=O)OC)OC(C(C)C(CC)OC(C)=O)[C@H](C)[C@H](OC(C)=O)C1NC(C)(C)C[C@@]1(O)C(C)[C@H](OC)OC(COCc2ccccc2)[C@@H]1OCc1ccccc1. The topological polar surface area (TPSA) is 157 Å². The summed E-state index contributed by atoms with van der Waals surface area (Å²) in [5.74, 6) is -2.71. The lowest BCUT2D eigenvalue weighted by Gasteiger charge is -2.56. The Kier molecular flexibility index (Phi) is 17.8. The molecule has 2 fully saturated rings. The van der Waals surface area contributed by atoms with Crippen LogP contribution in [0.3, 0.4) is 0 Å². The zero-order valence-corrected chi connectivity index (χ0v) is 37.5. The molecule has 14 heteroatoms. The van der Waals surface area contributed by atoms with Crippen LogP contribution in [0.1, 0.15) is 86.3 Å². The van der Waals surface area contributed by atoms with E-state index in [-0.39, 0.29) is 19.6 Å². The van der Waals surface area contributed by atoms with E-state index in [1.165, 1.54) is 39.8 Å². The lowest BCUT2D eigenvalue weighted by molar-refractivity contribution is -0.324. The number of nitrogens with one attached hydrogen (secondary N) is 1. The molecule has 12 atom stereocenters. The minimum Gasteiger partial charge on any atom is -0.466 e. The molecule has 2 N–H and O–H groups in total. The molecule has 2 aromatic rings. The summed E-state index contributed by atoms with van der Waals surface area (Å²) in [4.78, 5) is 37.6. The Morgan fingerprint density at radius 2 is 1.56 bits per heavy atom. The van der Waals surface area contributed by atoms with E-state index < -0.39 is 94.6 Å². The van der Waals surface area contributed by atoms with Crippen LogP contribution in [-0.4, -0.2) is 109 Å². The van der Waals surface area contributed by atoms with Gasteiger partial charge < -0.3 is 48.3 Å². The number of benzene rings is 2. The van der Waals surface area contributed by atoms with Gasteiger partial charge >= 0.3 is 17.9 Å². The van der Waals surface area contributed by atoms with Crippen LogP contribution < -0.4 is 5.32 Å². The van der Waals surface area contributed by atoms with Crippen molar-refractivity contribution >= 4 is 29.7 Å². The van der Waals surface area contributed by atoms with Gasteiger partial charge in [0.25, 0.3) is 0 Å². The van der Waals surface area contributed by atoms with Gasteiger partial charge in [0.2, 0.25) is 4.93 Å². The lowest BCUT2D eigenvalue weighted by atomic mass is 9.71. The summed E-state index contributed by atoms with van der Waals surface area (Å²) in [5.41, 5.74) is -0.715. The highest BCUT2D eigenvalue weighted by Gasteiger charge is 2.63. The second-order valence-electron chi connectivity index (χ2n) is 16.5. The van der Waals surface area contributed by atoms with E-state index in [0.29, 0.717) is 18.8 Å². The molecule has 0 radical (unpaired) electrons. The highest BCUT2D eigenvalue weighted by molar-refractivity contribution is 8.01. The maximum absolute atomic E-state index is 14.3.